The van der Waals surface area contributed by atoms with E-state index in [1.165, 1.54) is 0 Å². The molecule has 2 aromatic carbocycles. The first kappa shape index (κ1) is 21.9. The number of carbonyl (C=O) groups is 3. The van der Waals surface area contributed by atoms with Crippen LogP contribution in [-0.2, 0) is 14.3 Å². The number of benzene rings is 2. The Morgan fingerprint density at radius 2 is 1.72 bits per heavy atom. The molecule has 29 heavy (non-hydrogen) atoms. The number of imide groups is 1. The Kier molecular flexibility index (Phi) is 8.21. The lowest BCUT2D eigenvalue weighted by atomic mass is 10.1. The summed E-state index contributed by atoms with van der Waals surface area (Å²) in [6, 6.07) is 12.5. The van der Waals surface area contributed by atoms with Gasteiger partial charge in [-0.25, -0.2) is 4.79 Å². The number of urea groups is 1. The Balaban J connectivity index is 1.62. The van der Waals surface area contributed by atoms with Gasteiger partial charge in [0, 0.05) is 12.1 Å². The largest absolute Gasteiger partial charge is 0.494 e. The number of esters is 1. The van der Waals surface area contributed by atoms with Gasteiger partial charge in [-0.2, -0.15) is 0 Å². The Bertz CT molecular complexity index is 879. The minimum absolute atomic E-state index is 0.119. The summed E-state index contributed by atoms with van der Waals surface area (Å²) in [4.78, 5) is 35.3. The van der Waals surface area contributed by atoms with Crippen LogP contribution in [-0.4, -0.2) is 31.1 Å². The number of rotatable bonds is 8. The molecule has 0 bridgehead atoms. The Morgan fingerprint density at radius 3 is 2.45 bits per heavy atom. The minimum atomic E-state index is -0.698. The van der Waals surface area contributed by atoms with Crippen LogP contribution in [0, 0.1) is 20.8 Å². The van der Waals surface area contributed by atoms with Gasteiger partial charge >= 0.3 is 12.0 Å². The van der Waals surface area contributed by atoms with E-state index in [2.05, 4.69) is 10.6 Å². The monoisotopic (exact) mass is 398 g/mol. The number of amides is 3. The lowest BCUT2D eigenvalue weighted by Crippen LogP contribution is -2.37. The van der Waals surface area contributed by atoms with Crippen LogP contribution in [0.2, 0.25) is 0 Å². The molecule has 0 radical (unpaired) electrons. The Hall–Kier alpha value is -3.35. The highest BCUT2D eigenvalue weighted by atomic mass is 16.5. The van der Waals surface area contributed by atoms with Crippen molar-refractivity contribution < 1.29 is 23.9 Å². The predicted molar refractivity (Wildman–Crippen MR) is 110 cm³/mol. The summed E-state index contributed by atoms with van der Waals surface area (Å²) in [6.07, 6.45) is 0.579. The van der Waals surface area contributed by atoms with Crippen molar-refractivity contribution >= 4 is 23.6 Å². The zero-order valence-electron chi connectivity index (χ0n) is 16.9. The fourth-order valence-electron chi connectivity index (χ4n) is 2.60. The minimum Gasteiger partial charge on any atom is -0.494 e. The number of hydrogen-bond donors (Lipinski definition) is 2. The van der Waals surface area contributed by atoms with Crippen LogP contribution in [0.4, 0.5) is 10.5 Å². The number of nitrogens with one attached hydrogen (secondary N) is 2. The zero-order valence-corrected chi connectivity index (χ0v) is 16.9. The molecule has 7 heteroatoms. The molecule has 0 aliphatic carbocycles. The summed E-state index contributed by atoms with van der Waals surface area (Å²) < 4.78 is 10.4. The molecule has 0 aliphatic rings. The number of anilines is 1. The number of carbonyl (C=O) groups excluding carboxylic acids is 3. The van der Waals surface area contributed by atoms with E-state index in [4.69, 9.17) is 9.47 Å². The maximum Gasteiger partial charge on any atom is 0.325 e. The number of hydrogen-bond acceptors (Lipinski definition) is 5. The Morgan fingerprint density at radius 1 is 0.966 bits per heavy atom. The van der Waals surface area contributed by atoms with Gasteiger partial charge in [-0.1, -0.05) is 29.8 Å². The van der Waals surface area contributed by atoms with E-state index in [0.717, 1.165) is 22.4 Å². The zero-order chi connectivity index (χ0) is 21.2. The van der Waals surface area contributed by atoms with E-state index in [1.807, 2.05) is 57.2 Å². The van der Waals surface area contributed by atoms with Crippen molar-refractivity contribution in [1.82, 2.24) is 5.32 Å². The van der Waals surface area contributed by atoms with Crippen molar-refractivity contribution in [1.29, 1.82) is 0 Å². The molecule has 0 saturated heterocycles. The molecule has 2 N–H and O–H groups in total. The van der Waals surface area contributed by atoms with Gasteiger partial charge in [0.25, 0.3) is 5.91 Å². The summed E-state index contributed by atoms with van der Waals surface area (Å²) in [7, 11) is 0. The SMILES string of the molecule is Cc1cccc(OCCCC(=O)OCC(=O)NC(=O)Nc2ccc(C)cc2C)c1. The topological polar surface area (TPSA) is 93.7 Å². The van der Waals surface area contributed by atoms with Crippen LogP contribution < -0.4 is 15.4 Å². The van der Waals surface area contributed by atoms with Crippen LogP contribution in [0.1, 0.15) is 29.5 Å². The third kappa shape index (κ3) is 8.04. The maximum atomic E-state index is 11.9. The molecular weight excluding hydrogens is 372 g/mol. The highest BCUT2D eigenvalue weighted by Crippen LogP contribution is 2.15. The fourth-order valence-corrected chi connectivity index (χ4v) is 2.60. The number of aryl methyl sites for hydroxylation is 3. The average Bonchev–Trinajstić information content (AvgIpc) is 2.66. The summed E-state index contributed by atoms with van der Waals surface area (Å²) in [6.45, 7) is 5.62. The van der Waals surface area contributed by atoms with Crippen molar-refractivity contribution in [3.63, 3.8) is 0 Å². The van der Waals surface area contributed by atoms with E-state index in [-0.39, 0.29) is 6.42 Å². The van der Waals surface area contributed by atoms with E-state index < -0.39 is 24.5 Å². The molecule has 2 rings (SSSR count). The summed E-state index contributed by atoms with van der Waals surface area (Å²) in [5, 5.41) is 4.72. The van der Waals surface area contributed by atoms with Crippen molar-refractivity contribution in [3.8, 4) is 5.75 Å². The van der Waals surface area contributed by atoms with Crippen molar-refractivity contribution in [2.24, 2.45) is 0 Å². The molecule has 0 saturated carbocycles. The van der Waals surface area contributed by atoms with E-state index in [1.54, 1.807) is 6.07 Å². The third-order valence-electron chi connectivity index (χ3n) is 4.03. The lowest BCUT2D eigenvalue weighted by molar-refractivity contribution is -0.148. The molecular formula is C22H26N2O5. The number of ether oxygens (including phenoxy) is 2. The Labute approximate surface area is 170 Å². The molecule has 0 spiro atoms. The molecule has 0 fully saturated rings. The highest BCUT2D eigenvalue weighted by molar-refractivity contribution is 6.02. The van der Waals surface area contributed by atoms with Crippen LogP contribution in [0.3, 0.4) is 0 Å². The molecule has 7 nitrogen and oxygen atoms in total. The summed E-state index contributed by atoms with van der Waals surface area (Å²) in [5.41, 5.74) is 3.65. The van der Waals surface area contributed by atoms with Gasteiger partial charge in [0.2, 0.25) is 0 Å². The van der Waals surface area contributed by atoms with Crippen LogP contribution in [0.25, 0.3) is 0 Å². The quantitative estimate of drug-likeness (QED) is 0.523. The van der Waals surface area contributed by atoms with Gasteiger partial charge in [-0.15, -0.1) is 0 Å². The third-order valence-corrected chi connectivity index (χ3v) is 4.03. The smallest absolute Gasteiger partial charge is 0.325 e. The van der Waals surface area contributed by atoms with E-state index in [9.17, 15) is 14.4 Å². The molecule has 2 aromatic rings. The molecule has 0 heterocycles. The molecule has 3 amide bonds. The predicted octanol–water partition coefficient (Wildman–Crippen LogP) is 3.66. The second kappa shape index (κ2) is 10.8. The molecule has 154 valence electrons. The van der Waals surface area contributed by atoms with Crippen LogP contribution in [0.15, 0.2) is 42.5 Å². The van der Waals surface area contributed by atoms with Crippen LogP contribution >= 0.6 is 0 Å². The van der Waals surface area contributed by atoms with Crippen molar-refractivity contribution in [3.05, 3.63) is 59.2 Å². The maximum absolute atomic E-state index is 11.9. The molecule has 0 atom stereocenters. The van der Waals surface area contributed by atoms with Crippen molar-refractivity contribution in [2.75, 3.05) is 18.5 Å². The van der Waals surface area contributed by atoms with E-state index in [0.29, 0.717) is 18.7 Å². The van der Waals surface area contributed by atoms with Gasteiger partial charge in [-0.3, -0.25) is 14.9 Å². The van der Waals surface area contributed by atoms with Gasteiger partial charge in [0.05, 0.1) is 6.61 Å². The average molecular weight is 398 g/mol. The molecule has 0 unspecified atom stereocenters. The first-order chi connectivity index (χ1) is 13.8. The van der Waals surface area contributed by atoms with Gasteiger partial charge in [-0.05, 0) is 56.5 Å². The first-order valence-electron chi connectivity index (χ1n) is 9.36. The fraction of sp³-hybridized carbons (Fsp3) is 0.318. The highest BCUT2D eigenvalue weighted by Gasteiger charge is 2.12. The van der Waals surface area contributed by atoms with Gasteiger partial charge < -0.3 is 14.8 Å². The van der Waals surface area contributed by atoms with Crippen LogP contribution in [0.5, 0.6) is 5.75 Å². The second-order valence-corrected chi connectivity index (χ2v) is 6.75. The molecule has 0 aromatic heterocycles. The normalized spacial score (nSPS) is 10.2. The molecule has 0 aliphatic heterocycles. The first-order valence-corrected chi connectivity index (χ1v) is 9.36. The van der Waals surface area contributed by atoms with Gasteiger partial charge in [0.1, 0.15) is 5.75 Å². The van der Waals surface area contributed by atoms with Crippen molar-refractivity contribution in [2.45, 2.75) is 33.6 Å². The lowest BCUT2D eigenvalue weighted by Gasteiger charge is -2.10. The summed E-state index contributed by atoms with van der Waals surface area (Å²) >= 11 is 0. The standard InChI is InChI=1S/C22H26N2O5/c1-15-6-4-7-18(13-15)28-11-5-8-21(26)29-14-20(25)24-22(27)23-19-10-9-16(2)12-17(19)3/h4,6-7,9-10,12-13H,5,8,11,14H2,1-3H3,(H2,23,24,25,27). The summed E-state index contributed by atoms with van der Waals surface area (Å²) in [5.74, 6) is -0.480. The second-order valence-electron chi connectivity index (χ2n) is 6.75. The van der Waals surface area contributed by atoms with Gasteiger partial charge in [0.15, 0.2) is 6.61 Å². The van der Waals surface area contributed by atoms with E-state index >= 15 is 0 Å².